The van der Waals surface area contributed by atoms with E-state index in [-0.39, 0.29) is 25.0 Å². The number of ether oxygens (including phenoxy) is 1. The first-order valence-corrected chi connectivity index (χ1v) is 14.7. The molecule has 4 rings (SSSR count). The summed E-state index contributed by atoms with van der Waals surface area (Å²) in [4.78, 5) is 53.6. The molecule has 1 aliphatic rings. The molecule has 0 bridgehead atoms. The molecule has 1 aliphatic carbocycles. The zero-order valence-corrected chi connectivity index (χ0v) is 24.6. The summed E-state index contributed by atoms with van der Waals surface area (Å²) in [6.07, 6.45) is 7.09. The van der Waals surface area contributed by atoms with Crippen molar-refractivity contribution in [1.82, 2.24) is 20.9 Å². The molecule has 1 saturated carbocycles. The normalized spacial score (nSPS) is 18.8. The van der Waals surface area contributed by atoms with E-state index in [1.807, 2.05) is 60.8 Å². The van der Waals surface area contributed by atoms with Gasteiger partial charge in [-0.25, -0.2) is 9.59 Å². The maximum absolute atomic E-state index is 14.1. The first-order chi connectivity index (χ1) is 20.6. The Balaban J connectivity index is 1.56. The van der Waals surface area contributed by atoms with Crippen molar-refractivity contribution in [1.29, 1.82) is 0 Å². The minimum Gasteiger partial charge on any atom is -0.478 e. The van der Waals surface area contributed by atoms with Gasteiger partial charge in [-0.15, -0.1) is 0 Å². The van der Waals surface area contributed by atoms with Crippen molar-refractivity contribution >= 4 is 34.8 Å². The van der Waals surface area contributed by atoms with E-state index in [0.717, 1.165) is 59.9 Å². The molecule has 1 aromatic heterocycles. The number of aromatic nitrogens is 1. The van der Waals surface area contributed by atoms with Crippen molar-refractivity contribution in [2.75, 3.05) is 6.54 Å². The average Bonchev–Trinajstić information content (AvgIpc) is 3.38. The molecule has 10 heteroatoms. The second-order valence-corrected chi connectivity index (χ2v) is 11.5. The van der Waals surface area contributed by atoms with Gasteiger partial charge in [-0.1, -0.05) is 61.9 Å². The molecular weight excluding hydrogens is 548 g/mol. The Morgan fingerprint density at radius 1 is 1.05 bits per heavy atom. The second kappa shape index (κ2) is 14.5. The SMILES string of the molecule is C[C@H]1CCCC[C@@H]1OC(=O)N[C@](C)(Cc1c[nH]c2ccccc12)C(=O)N[C@H](CNC(=O)/C=C/C(=O)O)Cc1ccccc1. The summed E-state index contributed by atoms with van der Waals surface area (Å²) in [6.45, 7) is 3.78. The van der Waals surface area contributed by atoms with Crippen LogP contribution in [0.25, 0.3) is 10.9 Å². The van der Waals surface area contributed by atoms with Crippen LogP contribution >= 0.6 is 0 Å². The van der Waals surface area contributed by atoms with Gasteiger partial charge in [-0.3, -0.25) is 9.59 Å². The number of amides is 3. The molecule has 0 aliphatic heterocycles. The molecule has 4 atom stereocenters. The third-order valence-corrected chi connectivity index (χ3v) is 7.95. The highest BCUT2D eigenvalue weighted by molar-refractivity contribution is 5.94. The number of nitrogens with one attached hydrogen (secondary N) is 4. The number of rotatable bonds is 12. The number of carbonyl (C=O) groups excluding carboxylic acids is 3. The number of carbonyl (C=O) groups is 4. The average molecular weight is 589 g/mol. The number of carboxylic acid groups (broad SMARTS) is 1. The molecule has 5 N–H and O–H groups in total. The summed E-state index contributed by atoms with van der Waals surface area (Å²) >= 11 is 0. The van der Waals surface area contributed by atoms with Crippen LogP contribution in [0.5, 0.6) is 0 Å². The minimum absolute atomic E-state index is 0.0383. The van der Waals surface area contributed by atoms with Gasteiger partial charge in [0, 0.05) is 42.2 Å². The highest BCUT2D eigenvalue weighted by atomic mass is 16.6. The van der Waals surface area contributed by atoms with Gasteiger partial charge in [-0.2, -0.15) is 0 Å². The second-order valence-electron chi connectivity index (χ2n) is 11.5. The largest absolute Gasteiger partial charge is 0.478 e. The van der Waals surface area contributed by atoms with E-state index >= 15 is 0 Å². The maximum atomic E-state index is 14.1. The van der Waals surface area contributed by atoms with E-state index in [0.29, 0.717) is 6.42 Å². The molecule has 228 valence electrons. The minimum atomic E-state index is -1.40. The lowest BCUT2D eigenvalue weighted by atomic mass is 9.88. The van der Waals surface area contributed by atoms with Crippen molar-refractivity contribution in [2.24, 2.45) is 5.92 Å². The number of H-pyrrole nitrogens is 1. The number of para-hydroxylation sites is 1. The van der Waals surface area contributed by atoms with Crippen molar-refractivity contribution in [3.05, 3.63) is 84.1 Å². The van der Waals surface area contributed by atoms with Gasteiger partial charge in [0.05, 0.1) is 6.04 Å². The third-order valence-electron chi connectivity index (χ3n) is 7.95. The van der Waals surface area contributed by atoms with E-state index < -0.39 is 35.5 Å². The zero-order valence-electron chi connectivity index (χ0n) is 24.6. The number of carboxylic acids is 1. The van der Waals surface area contributed by atoms with E-state index in [2.05, 4.69) is 27.9 Å². The lowest BCUT2D eigenvalue weighted by molar-refractivity contribution is -0.131. The number of benzene rings is 2. The first kappa shape index (κ1) is 31.3. The topological polar surface area (TPSA) is 150 Å². The van der Waals surface area contributed by atoms with Gasteiger partial charge in [0.25, 0.3) is 0 Å². The van der Waals surface area contributed by atoms with E-state index in [9.17, 15) is 19.2 Å². The monoisotopic (exact) mass is 588 g/mol. The molecule has 1 heterocycles. The van der Waals surface area contributed by atoms with Gasteiger partial charge in [0.15, 0.2) is 0 Å². The fourth-order valence-electron chi connectivity index (χ4n) is 5.54. The number of aliphatic carboxylic acids is 1. The molecule has 3 aromatic rings. The molecule has 10 nitrogen and oxygen atoms in total. The Labute approximate surface area is 251 Å². The first-order valence-electron chi connectivity index (χ1n) is 14.7. The van der Waals surface area contributed by atoms with Crippen molar-refractivity contribution in [2.45, 2.75) is 70.1 Å². The lowest BCUT2D eigenvalue weighted by Crippen LogP contribution is -2.61. The van der Waals surface area contributed by atoms with Gasteiger partial charge >= 0.3 is 12.1 Å². The fourth-order valence-corrected chi connectivity index (χ4v) is 5.54. The molecule has 0 radical (unpaired) electrons. The van der Waals surface area contributed by atoms with E-state index in [1.165, 1.54) is 0 Å². The summed E-state index contributed by atoms with van der Waals surface area (Å²) in [5.74, 6) is -2.04. The highest BCUT2D eigenvalue weighted by Crippen LogP contribution is 2.27. The summed E-state index contributed by atoms with van der Waals surface area (Å²) < 4.78 is 5.83. The Morgan fingerprint density at radius 2 is 1.77 bits per heavy atom. The van der Waals surface area contributed by atoms with Crippen LogP contribution in [0.1, 0.15) is 50.7 Å². The fraction of sp³-hybridized carbons (Fsp3) is 0.394. The quantitative estimate of drug-likeness (QED) is 0.200. The zero-order chi connectivity index (χ0) is 30.8. The number of alkyl carbamates (subject to hydrolysis) is 1. The van der Waals surface area contributed by atoms with Gasteiger partial charge in [0.2, 0.25) is 11.8 Å². The molecule has 2 aromatic carbocycles. The highest BCUT2D eigenvalue weighted by Gasteiger charge is 2.38. The predicted octanol–water partition coefficient (Wildman–Crippen LogP) is 4.26. The molecule has 1 fully saturated rings. The predicted molar refractivity (Wildman–Crippen MR) is 163 cm³/mol. The van der Waals surface area contributed by atoms with Crippen LogP contribution in [0.4, 0.5) is 4.79 Å². The number of hydrogen-bond acceptors (Lipinski definition) is 5. The molecule has 0 spiro atoms. The number of fused-ring (bicyclic) bond motifs is 1. The van der Waals surface area contributed by atoms with Crippen LogP contribution in [0.2, 0.25) is 0 Å². The summed E-state index contributed by atoms with van der Waals surface area (Å²) in [5, 5.41) is 18.3. The molecule has 0 unspecified atom stereocenters. The number of aromatic amines is 1. The van der Waals surface area contributed by atoms with Crippen LogP contribution < -0.4 is 16.0 Å². The molecule has 43 heavy (non-hydrogen) atoms. The Bertz CT molecular complexity index is 1450. The summed E-state index contributed by atoms with van der Waals surface area (Å²) in [7, 11) is 0. The van der Waals surface area contributed by atoms with Crippen molar-refractivity contribution < 1.29 is 29.0 Å². The molecule has 3 amide bonds. The van der Waals surface area contributed by atoms with Crippen LogP contribution in [0.15, 0.2) is 72.9 Å². The van der Waals surface area contributed by atoms with Gasteiger partial charge in [-0.05, 0) is 55.7 Å². The van der Waals surface area contributed by atoms with E-state index in [4.69, 9.17) is 9.84 Å². The third kappa shape index (κ3) is 8.94. The maximum Gasteiger partial charge on any atom is 0.408 e. The van der Waals surface area contributed by atoms with Crippen molar-refractivity contribution in [3.63, 3.8) is 0 Å². The van der Waals surface area contributed by atoms with Crippen LogP contribution in [0.3, 0.4) is 0 Å². The van der Waals surface area contributed by atoms with Gasteiger partial charge < -0.3 is 30.8 Å². The van der Waals surface area contributed by atoms with Crippen LogP contribution in [-0.4, -0.2) is 58.2 Å². The number of hydrogen-bond donors (Lipinski definition) is 5. The van der Waals surface area contributed by atoms with E-state index in [1.54, 1.807) is 6.92 Å². The summed E-state index contributed by atoms with van der Waals surface area (Å²) in [5.41, 5.74) is 1.30. The van der Waals surface area contributed by atoms with Crippen LogP contribution in [0, 0.1) is 5.92 Å². The van der Waals surface area contributed by atoms with Gasteiger partial charge in [0.1, 0.15) is 11.6 Å². The smallest absolute Gasteiger partial charge is 0.408 e. The summed E-state index contributed by atoms with van der Waals surface area (Å²) in [6, 6.07) is 16.7. The molecule has 0 saturated heterocycles. The molecular formula is C33H40N4O6. The standard InChI is InChI=1S/C33H40N4O6/c1-22-10-6-9-15-28(22)43-32(42)37-33(2,19-24-20-34-27-14-8-7-13-26(24)27)31(41)36-25(18-23-11-4-3-5-12-23)21-35-29(38)16-17-30(39)40/h3-5,7-8,11-14,16-17,20,22,25,28,34H,6,9-10,15,18-19,21H2,1-2H3,(H,35,38)(H,36,41)(H,37,42)(H,39,40)/b17-16+/t22-,25-,28-,33+/m0/s1. The van der Waals surface area contributed by atoms with Crippen LogP contribution in [-0.2, 0) is 32.0 Å². The Kier molecular flexibility index (Phi) is 10.6. The lowest BCUT2D eigenvalue weighted by Gasteiger charge is -2.34. The van der Waals surface area contributed by atoms with Crippen molar-refractivity contribution in [3.8, 4) is 0 Å². The Hall–Kier alpha value is -4.60. The Morgan fingerprint density at radius 3 is 2.51 bits per heavy atom.